The molecule has 0 atom stereocenters. The summed E-state index contributed by atoms with van der Waals surface area (Å²) < 4.78 is 5.73. The number of hydrogen-bond donors (Lipinski definition) is 1. The van der Waals surface area contributed by atoms with E-state index in [0.717, 1.165) is 18.8 Å². The van der Waals surface area contributed by atoms with E-state index in [1.54, 1.807) is 0 Å². The second-order valence-corrected chi connectivity index (χ2v) is 4.76. The van der Waals surface area contributed by atoms with Crippen molar-refractivity contribution in [2.75, 3.05) is 13.1 Å². The van der Waals surface area contributed by atoms with E-state index in [9.17, 15) is 0 Å². The molecule has 1 aromatic rings. The zero-order chi connectivity index (χ0) is 11.4. The van der Waals surface area contributed by atoms with Crippen LogP contribution in [0, 0.1) is 0 Å². The van der Waals surface area contributed by atoms with Crippen molar-refractivity contribution < 1.29 is 4.74 Å². The third kappa shape index (κ3) is 4.21. The summed E-state index contributed by atoms with van der Waals surface area (Å²) in [6.07, 6.45) is 2.74. The topological polar surface area (TPSA) is 21.3 Å². The summed E-state index contributed by atoms with van der Waals surface area (Å²) in [6, 6.07) is 8.58. The minimum Gasteiger partial charge on any atom is -0.491 e. The maximum absolute atomic E-state index is 5.73. The molecule has 1 saturated heterocycles. The predicted octanol–water partition coefficient (Wildman–Crippen LogP) is 3.36. The van der Waals surface area contributed by atoms with E-state index in [-0.39, 0.29) is 18.5 Å². The Balaban J connectivity index is 0.00000144. The standard InChI is InChI=1S/C14H21NO.ClH/c1-11(2)16-14-5-3-4-13(10-14)12-6-8-15-9-7-12;/h3-5,10-12,15H,6-9H2,1-2H3;1H. The van der Waals surface area contributed by atoms with Gasteiger partial charge < -0.3 is 10.1 Å². The Morgan fingerprint density at radius 1 is 1.24 bits per heavy atom. The molecule has 2 rings (SSSR count). The largest absolute Gasteiger partial charge is 0.491 e. The predicted molar refractivity (Wildman–Crippen MR) is 74.3 cm³/mol. The van der Waals surface area contributed by atoms with Gasteiger partial charge in [-0.05, 0) is 63.4 Å². The molecule has 1 fully saturated rings. The van der Waals surface area contributed by atoms with Crippen LogP contribution in [0.25, 0.3) is 0 Å². The first-order chi connectivity index (χ1) is 7.75. The van der Waals surface area contributed by atoms with Gasteiger partial charge in [0.15, 0.2) is 0 Å². The van der Waals surface area contributed by atoms with Crippen molar-refractivity contribution in [3.05, 3.63) is 29.8 Å². The van der Waals surface area contributed by atoms with Gasteiger partial charge in [0.1, 0.15) is 5.75 Å². The van der Waals surface area contributed by atoms with Crippen LogP contribution >= 0.6 is 12.4 Å². The fraction of sp³-hybridized carbons (Fsp3) is 0.571. The molecular formula is C14H22ClNO. The van der Waals surface area contributed by atoms with Crippen LogP contribution in [-0.4, -0.2) is 19.2 Å². The van der Waals surface area contributed by atoms with Crippen molar-refractivity contribution in [1.82, 2.24) is 5.32 Å². The first-order valence-corrected chi connectivity index (χ1v) is 6.23. The van der Waals surface area contributed by atoms with E-state index in [2.05, 4.69) is 37.4 Å². The van der Waals surface area contributed by atoms with E-state index in [1.165, 1.54) is 18.4 Å². The first-order valence-electron chi connectivity index (χ1n) is 6.23. The molecule has 0 radical (unpaired) electrons. The molecule has 1 heterocycles. The monoisotopic (exact) mass is 255 g/mol. The van der Waals surface area contributed by atoms with Crippen molar-refractivity contribution in [2.45, 2.75) is 38.7 Å². The third-order valence-electron chi connectivity index (χ3n) is 3.04. The number of halogens is 1. The van der Waals surface area contributed by atoms with E-state index in [0.29, 0.717) is 5.92 Å². The molecule has 0 saturated carbocycles. The Morgan fingerprint density at radius 2 is 1.94 bits per heavy atom. The van der Waals surface area contributed by atoms with Crippen LogP contribution < -0.4 is 10.1 Å². The number of piperidine rings is 1. The molecule has 96 valence electrons. The summed E-state index contributed by atoms with van der Waals surface area (Å²) in [6.45, 7) is 6.41. The Kier molecular flexibility index (Phi) is 5.79. The lowest BCUT2D eigenvalue weighted by atomic mass is 9.90. The average molecular weight is 256 g/mol. The van der Waals surface area contributed by atoms with Gasteiger partial charge in [0, 0.05) is 0 Å². The average Bonchev–Trinajstić information content (AvgIpc) is 2.30. The lowest BCUT2D eigenvalue weighted by molar-refractivity contribution is 0.242. The van der Waals surface area contributed by atoms with Crippen LogP contribution in [0.3, 0.4) is 0 Å². The van der Waals surface area contributed by atoms with Crippen molar-refractivity contribution in [3.8, 4) is 5.75 Å². The number of hydrogen-bond acceptors (Lipinski definition) is 2. The van der Waals surface area contributed by atoms with Crippen LogP contribution in [0.5, 0.6) is 5.75 Å². The highest BCUT2D eigenvalue weighted by molar-refractivity contribution is 5.85. The van der Waals surface area contributed by atoms with E-state index < -0.39 is 0 Å². The summed E-state index contributed by atoms with van der Waals surface area (Å²) in [5.41, 5.74) is 1.43. The normalized spacial score (nSPS) is 16.6. The molecule has 2 nitrogen and oxygen atoms in total. The van der Waals surface area contributed by atoms with Crippen LogP contribution in [0.1, 0.15) is 38.2 Å². The van der Waals surface area contributed by atoms with Gasteiger partial charge in [-0.1, -0.05) is 12.1 Å². The fourth-order valence-corrected chi connectivity index (χ4v) is 2.27. The van der Waals surface area contributed by atoms with Crippen molar-refractivity contribution >= 4 is 12.4 Å². The molecule has 1 aliphatic rings. The third-order valence-corrected chi connectivity index (χ3v) is 3.04. The number of rotatable bonds is 3. The minimum absolute atomic E-state index is 0. The maximum atomic E-state index is 5.73. The van der Waals surface area contributed by atoms with Crippen LogP contribution in [-0.2, 0) is 0 Å². The van der Waals surface area contributed by atoms with Gasteiger partial charge >= 0.3 is 0 Å². The van der Waals surface area contributed by atoms with Crippen LogP contribution in [0.4, 0.5) is 0 Å². The molecule has 1 aliphatic heterocycles. The second kappa shape index (κ2) is 6.87. The number of benzene rings is 1. The molecule has 17 heavy (non-hydrogen) atoms. The summed E-state index contributed by atoms with van der Waals surface area (Å²) in [5, 5.41) is 3.40. The van der Waals surface area contributed by atoms with Crippen molar-refractivity contribution in [3.63, 3.8) is 0 Å². The molecule has 0 bridgehead atoms. The zero-order valence-corrected chi connectivity index (χ0v) is 11.4. The molecule has 0 aromatic heterocycles. The Labute approximate surface area is 110 Å². The van der Waals surface area contributed by atoms with Gasteiger partial charge in [0.2, 0.25) is 0 Å². The molecule has 1 aromatic carbocycles. The van der Waals surface area contributed by atoms with Crippen molar-refractivity contribution in [1.29, 1.82) is 0 Å². The molecule has 1 N–H and O–H groups in total. The highest BCUT2D eigenvalue weighted by Crippen LogP contribution is 2.27. The Hall–Kier alpha value is -0.730. The zero-order valence-electron chi connectivity index (χ0n) is 10.6. The summed E-state index contributed by atoms with van der Waals surface area (Å²) in [5.74, 6) is 1.71. The van der Waals surface area contributed by atoms with Crippen molar-refractivity contribution in [2.24, 2.45) is 0 Å². The highest BCUT2D eigenvalue weighted by atomic mass is 35.5. The van der Waals surface area contributed by atoms with E-state index in [1.807, 2.05) is 6.07 Å². The van der Waals surface area contributed by atoms with Gasteiger partial charge in [-0.25, -0.2) is 0 Å². The molecule has 0 spiro atoms. The van der Waals surface area contributed by atoms with Gasteiger partial charge in [0.05, 0.1) is 6.10 Å². The summed E-state index contributed by atoms with van der Waals surface area (Å²) >= 11 is 0. The molecule has 0 unspecified atom stereocenters. The second-order valence-electron chi connectivity index (χ2n) is 4.76. The number of nitrogens with one attached hydrogen (secondary N) is 1. The molecule has 3 heteroatoms. The molecule has 0 aliphatic carbocycles. The highest BCUT2D eigenvalue weighted by Gasteiger charge is 2.15. The Morgan fingerprint density at radius 3 is 2.59 bits per heavy atom. The van der Waals surface area contributed by atoms with E-state index in [4.69, 9.17) is 4.74 Å². The summed E-state index contributed by atoms with van der Waals surface area (Å²) in [7, 11) is 0. The van der Waals surface area contributed by atoms with Gasteiger partial charge in [-0.3, -0.25) is 0 Å². The fourth-order valence-electron chi connectivity index (χ4n) is 2.27. The molecule has 0 amide bonds. The van der Waals surface area contributed by atoms with Crippen LogP contribution in [0.2, 0.25) is 0 Å². The van der Waals surface area contributed by atoms with Gasteiger partial charge in [0.25, 0.3) is 0 Å². The quantitative estimate of drug-likeness (QED) is 0.894. The summed E-state index contributed by atoms with van der Waals surface area (Å²) in [4.78, 5) is 0. The Bertz CT molecular complexity index is 335. The maximum Gasteiger partial charge on any atom is 0.119 e. The smallest absolute Gasteiger partial charge is 0.119 e. The van der Waals surface area contributed by atoms with E-state index >= 15 is 0 Å². The number of ether oxygens (including phenoxy) is 1. The minimum atomic E-state index is 0. The lowest BCUT2D eigenvalue weighted by Gasteiger charge is -2.23. The lowest BCUT2D eigenvalue weighted by Crippen LogP contribution is -2.26. The molecular weight excluding hydrogens is 234 g/mol. The van der Waals surface area contributed by atoms with Gasteiger partial charge in [-0.15, -0.1) is 12.4 Å². The first kappa shape index (κ1) is 14.3. The van der Waals surface area contributed by atoms with Gasteiger partial charge in [-0.2, -0.15) is 0 Å². The van der Waals surface area contributed by atoms with Crippen LogP contribution in [0.15, 0.2) is 24.3 Å². The SMILES string of the molecule is CC(C)Oc1cccc(C2CCNCC2)c1.Cl.